The number of para-hydroxylation sites is 1. The van der Waals surface area contributed by atoms with E-state index in [0.29, 0.717) is 24.1 Å². The number of hydrogen-bond donors (Lipinski definition) is 1. The number of carbonyl (C=O) groups is 2. The molecule has 1 N–H and O–H groups in total. The summed E-state index contributed by atoms with van der Waals surface area (Å²) in [7, 11) is 0. The Morgan fingerprint density at radius 1 is 1.19 bits per heavy atom. The van der Waals surface area contributed by atoms with E-state index in [0.717, 1.165) is 18.5 Å². The molecular weight excluding hydrogens is 334 g/mol. The van der Waals surface area contributed by atoms with Crippen molar-refractivity contribution in [2.45, 2.75) is 25.9 Å². The van der Waals surface area contributed by atoms with Crippen molar-refractivity contribution in [2.24, 2.45) is 0 Å². The highest BCUT2D eigenvalue weighted by atomic mass is 16.6. The van der Waals surface area contributed by atoms with Gasteiger partial charge in [0.05, 0.1) is 4.92 Å². The first-order chi connectivity index (χ1) is 12.5. The van der Waals surface area contributed by atoms with E-state index in [-0.39, 0.29) is 24.0 Å². The Kier molecular flexibility index (Phi) is 5.26. The third-order valence-electron chi connectivity index (χ3n) is 4.36. The molecule has 134 valence electrons. The van der Waals surface area contributed by atoms with Crippen molar-refractivity contribution in [2.75, 3.05) is 6.54 Å². The third kappa shape index (κ3) is 4.05. The average Bonchev–Trinajstić information content (AvgIpc) is 3.04. The van der Waals surface area contributed by atoms with Gasteiger partial charge in [0.25, 0.3) is 11.6 Å². The van der Waals surface area contributed by atoms with Crippen molar-refractivity contribution in [3.63, 3.8) is 0 Å². The van der Waals surface area contributed by atoms with Crippen LogP contribution in [0, 0.1) is 10.1 Å². The van der Waals surface area contributed by atoms with Crippen LogP contribution in [0.1, 0.15) is 34.3 Å². The van der Waals surface area contributed by atoms with Crippen LogP contribution in [0.5, 0.6) is 0 Å². The van der Waals surface area contributed by atoms with E-state index in [1.54, 1.807) is 41.3 Å². The summed E-state index contributed by atoms with van der Waals surface area (Å²) in [6.45, 7) is 1.31. The SMILES string of the molecule is O=C(NCc1ccccc1[N+](=O)[O-])c1cccc(CN2CCCC2=O)c1. The van der Waals surface area contributed by atoms with Gasteiger partial charge in [-0.05, 0) is 24.1 Å². The lowest BCUT2D eigenvalue weighted by Crippen LogP contribution is -2.25. The molecule has 0 saturated carbocycles. The zero-order chi connectivity index (χ0) is 18.5. The van der Waals surface area contributed by atoms with Crippen molar-refractivity contribution < 1.29 is 14.5 Å². The molecule has 1 aliphatic heterocycles. The van der Waals surface area contributed by atoms with Crippen LogP contribution in [0.25, 0.3) is 0 Å². The Morgan fingerprint density at radius 3 is 2.73 bits per heavy atom. The molecule has 0 unspecified atom stereocenters. The Bertz CT molecular complexity index is 850. The van der Waals surface area contributed by atoms with Gasteiger partial charge in [-0.1, -0.05) is 30.3 Å². The number of hydrogen-bond acceptors (Lipinski definition) is 4. The molecule has 1 aliphatic rings. The predicted octanol–water partition coefficient (Wildman–Crippen LogP) is 2.65. The van der Waals surface area contributed by atoms with E-state index in [2.05, 4.69) is 5.32 Å². The van der Waals surface area contributed by atoms with Crippen molar-refractivity contribution >= 4 is 17.5 Å². The highest BCUT2D eigenvalue weighted by Gasteiger charge is 2.20. The van der Waals surface area contributed by atoms with Crippen molar-refractivity contribution in [1.29, 1.82) is 0 Å². The number of amides is 2. The maximum absolute atomic E-state index is 12.4. The Labute approximate surface area is 150 Å². The van der Waals surface area contributed by atoms with Crippen LogP contribution in [0.3, 0.4) is 0 Å². The fraction of sp³-hybridized carbons (Fsp3) is 0.263. The standard InChI is InChI=1S/C19H19N3O4/c23-18-9-4-10-21(18)13-14-5-3-7-15(11-14)19(24)20-12-16-6-1-2-8-17(16)22(25)26/h1-3,5-8,11H,4,9-10,12-13H2,(H,20,24). The largest absolute Gasteiger partial charge is 0.348 e. The molecule has 0 spiro atoms. The minimum atomic E-state index is -0.463. The van der Waals surface area contributed by atoms with Crippen LogP contribution in [-0.4, -0.2) is 28.2 Å². The van der Waals surface area contributed by atoms with Gasteiger partial charge in [0, 0.05) is 43.2 Å². The van der Waals surface area contributed by atoms with E-state index in [1.165, 1.54) is 6.07 Å². The maximum atomic E-state index is 12.4. The lowest BCUT2D eigenvalue weighted by atomic mass is 10.1. The summed E-state index contributed by atoms with van der Waals surface area (Å²) >= 11 is 0. The van der Waals surface area contributed by atoms with Crippen LogP contribution in [0.2, 0.25) is 0 Å². The van der Waals surface area contributed by atoms with Crippen LogP contribution in [0.4, 0.5) is 5.69 Å². The number of nitrogens with zero attached hydrogens (tertiary/aromatic N) is 2. The molecule has 26 heavy (non-hydrogen) atoms. The summed E-state index contributed by atoms with van der Waals surface area (Å²) in [6, 6.07) is 13.4. The highest BCUT2D eigenvalue weighted by Crippen LogP contribution is 2.18. The molecular formula is C19H19N3O4. The molecule has 2 aromatic carbocycles. The topological polar surface area (TPSA) is 92.5 Å². The summed E-state index contributed by atoms with van der Waals surface area (Å²) in [5.41, 5.74) is 1.78. The molecule has 2 aromatic rings. The summed E-state index contributed by atoms with van der Waals surface area (Å²) in [4.78, 5) is 36.5. The first kappa shape index (κ1) is 17.6. The van der Waals surface area contributed by atoms with Gasteiger partial charge in [0.2, 0.25) is 5.91 Å². The Balaban J connectivity index is 1.66. The van der Waals surface area contributed by atoms with Crippen molar-refractivity contribution in [1.82, 2.24) is 10.2 Å². The van der Waals surface area contributed by atoms with Crippen LogP contribution < -0.4 is 5.32 Å². The number of nitrogens with one attached hydrogen (secondary N) is 1. The number of nitro benzene ring substituents is 1. The molecule has 0 aromatic heterocycles. The second-order valence-corrected chi connectivity index (χ2v) is 6.19. The summed E-state index contributed by atoms with van der Waals surface area (Å²) in [6.07, 6.45) is 1.45. The minimum absolute atomic E-state index is 0.0194. The zero-order valence-corrected chi connectivity index (χ0v) is 14.2. The van der Waals surface area contributed by atoms with E-state index in [4.69, 9.17) is 0 Å². The van der Waals surface area contributed by atoms with E-state index < -0.39 is 4.92 Å². The third-order valence-corrected chi connectivity index (χ3v) is 4.36. The molecule has 3 rings (SSSR count). The van der Waals surface area contributed by atoms with Gasteiger partial charge >= 0.3 is 0 Å². The van der Waals surface area contributed by atoms with Gasteiger partial charge in [-0.15, -0.1) is 0 Å². The monoisotopic (exact) mass is 353 g/mol. The van der Waals surface area contributed by atoms with Gasteiger partial charge in [0.1, 0.15) is 0 Å². The van der Waals surface area contributed by atoms with Gasteiger partial charge in [-0.25, -0.2) is 0 Å². The van der Waals surface area contributed by atoms with Gasteiger partial charge in [-0.2, -0.15) is 0 Å². The number of carbonyl (C=O) groups excluding carboxylic acids is 2. The molecule has 7 heteroatoms. The van der Waals surface area contributed by atoms with Crippen LogP contribution >= 0.6 is 0 Å². The molecule has 0 radical (unpaired) electrons. The number of rotatable bonds is 6. The predicted molar refractivity (Wildman–Crippen MR) is 95.4 cm³/mol. The van der Waals surface area contributed by atoms with Crippen LogP contribution in [0.15, 0.2) is 48.5 Å². The van der Waals surface area contributed by atoms with Gasteiger partial charge in [0.15, 0.2) is 0 Å². The molecule has 1 saturated heterocycles. The number of nitro groups is 1. The number of likely N-dealkylation sites (tertiary alicyclic amines) is 1. The first-order valence-corrected chi connectivity index (χ1v) is 8.42. The van der Waals surface area contributed by atoms with Gasteiger partial charge < -0.3 is 10.2 Å². The smallest absolute Gasteiger partial charge is 0.274 e. The van der Waals surface area contributed by atoms with Crippen molar-refractivity contribution in [3.05, 3.63) is 75.3 Å². The number of benzene rings is 2. The van der Waals surface area contributed by atoms with E-state index >= 15 is 0 Å². The lowest BCUT2D eigenvalue weighted by Gasteiger charge is -2.16. The molecule has 1 fully saturated rings. The zero-order valence-electron chi connectivity index (χ0n) is 14.2. The molecule has 1 heterocycles. The molecule has 0 bridgehead atoms. The fourth-order valence-electron chi connectivity index (χ4n) is 3.02. The second-order valence-electron chi connectivity index (χ2n) is 6.19. The normalized spacial score (nSPS) is 13.7. The Hall–Kier alpha value is -3.22. The summed E-state index contributed by atoms with van der Waals surface area (Å²) in [5.74, 6) is -0.172. The average molecular weight is 353 g/mol. The highest BCUT2D eigenvalue weighted by molar-refractivity contribution is 5.94. The Morgan fingerprint density at radius 2 is 2.00 bits per heavy atom. The molecule has 2 amide bonds. The first-order valence-electron chi connectivity index (χ1n) is 8.42. The molecule has 0 aliphatic carbocycles. The summed E-state index contributed by atoms with van der Waals surface area (Å²) in [5, 5.41) is 13.7. The lowest BCUT2D eigenvalue weighted by molar-refractivity contribution is -0.385. The molecule has 0 atom stereocenters. The maximum Gasteiger partial charge on any atom is 0.274 e. The van der Waals surface area contributed by atoms with Gasteiger partial charge in [-0.3, -0.25) is 19.7 Å². The fourth-order valence-corrected chi connectivity index (χ4v) is 3.02. The minimum Gasteiger partial charge on any atom is -0.348 e. The van der Waals surface area contributed by atoms with Crippen LogP contribution in [-0.2, 0) is 17.9 Å². The molecule has 7 nitrogen and oxygen atoms in total. The summed E-state index contributed by atoms with van der Waals surface area (Å²) < 4.78 is 0. The second kappa shape index (κ2) is 7.77. The van der Waals surface area contributed by atoms with E-state index in [1.807, 2.05) is 6.07 Å². The van der Waals surface area contributed by atoms with Crippen molar-refractivity contribution in [3.8, 4) is 0 Å². The quantitative estimate of drug-likeness (QED) is 0.638. The van der Waals surface area contributed by atoms with E-state index in [9.17, 15) is 19.7 Å².